The van der Waals surface area contributed by atoms with Crippen LogP contribution in [0.4, 0.5) is 0 Å². The molecule has 4 unspecified atom stereocenters. The summed E-state index contributed by atoms with van der Waals surface area (Å²) in [6.07, 6.45) is 1.54. The molecule has 0 heterocycles. The molecular weight excluding hydrogens is 258 g/mol. The molecule has 2 heteroatoms. The van der Waals surface area contributed by atoms with E-state index < -0.39 is 0 Å². The first kappa shape index (κ1) is 16.5. The highest BCUT2D eigenvalue weighted by molar-refractivity contribution is 5.27. The summed E-state index contributed by atoms with van der Waals surface area (Å²) >= 11 is 0. The number of benzene rings is 1. The second kappa shape index (κ2) is 6.93. The Kier molecular flexibility index (Phi) is 5.45. The number of likely N-dealkylation sites (N-methyl/N-ethyl adjacent to an activating group) is 1. The first-order valence-corrected chi connectivity index (χ1v) is 8.39. The minimum atomic E-state index is 0.159. The zero-order chi connectivity index (χ0) is 15.5. The molecule has 1 fully saturated rings. The van der Waals surface area contributed by atoms with E-state index in [9.17, 15) is 0 Å². The van der Waals surface area contributed by atoms with Crippen LogP contribution in [-0.4, -0.2) is 25.3 Å². The Morgan fingerprint density at radius 1 is 1.19 bits per heavy atom. The molecule has 0 saturated heterocycles. The summed E-state index contributed by atoms with van der Waals surface area (Å²) in [4.78, 5) is 0. The van der Waals surface area contributed by atoms with Crippen molar-refractivity contribution in [3.05, 3.63) is 35.9 Å². The second-order valence-electron chi connectivity index (χ2n) is 7.24. The molecule has 0 radical (unpaired) electrons. The predicted molar refractivity (Wildman–Crippen MR) is 89.6 cm³/mol. The van der Waals surface area contributed by atoms with Gasteiger partial charge in [0.1, 0.15) is 0 Å². The van der Waals surface area contributed by atoms with Crippen molar-refractivity contribution in [3.8, 4) is 0 Å². The van der Waals surface area contributed by atoms with Gasteiger partial charge in [0.25, 0.3) is 0 Å². The number of nitrogens with one attached hydrogen (secondary N) is 1. The third kappa shape index (κ3) is 4.08. The van der Waals surface area contributed by atoms with Crippen LogP contribution >= 0.6 is 0 Å². The SMILES string of the molecule is CCNC(C1CC1c1ccccc1)C(OCC)C(C)(C)C. The average molecular weight is 289 g/mol. The van der Waals surface area contributed by atoms with Crippen LogP contribution in [-0.2, 0) is 4.74 Å². The lowest BCUT2D eigenvalue weighted by atomic mass is 9.82. The molecule has 1 N–H and O–H groups in total. The van der Waals surface area contributed by atoms with Crippen molar-refractivity contribution in [2.24, 2.45) is 11.3 Å². The second-order valence-corrected chi connectivity index (χ2v) is 7.24. The van der Waals surface area contributed by atoms with Gasteiger partial charge in [-0.25, -0.2) is 0 Å². The van der Waals surface area contributed by atoms with Gasteiger partial charge in [0.2, 0.25) is 0 Å². The minimum Gasteiger partial charge on any atom is -0.376 e. The fourth-order valence-corrected chi connectivity index (χ4v) is 3.49. The van der Waals surface area contributed by atoms with Crippen LogP contribution in [0.15, 0.2) is 30.3 Å². The summed E-state index contributed by atoms with van der Waals surface area (Å²) in [5.41, 5.74) is 1.64. The molecule has 1 aromatic carbocycles. The average Bonchev–Trinajstić information content (AvgIpc) is 3.23. The molecule has 0 spiro atoms. The Morgan fingerprint density at radius 3 is 2.38 bits per heavy atom. The van der Waals surface area contributed by atoms with Crippen molar-refractivity contribution in [1.29, 1.82) is 0 Å². The zero-order valence-electron chi connectivity index (χ0n) is 14.2. The van der Waals surface area contributed by atoms with E-state index in [0.29, 0.717) is 17.9 Å². The fourth-order valence-electron chi connectivity index (χ4n) is 3.49. The molecule has 118 valence electrons. The largest absolute Gasteiger partial charge is 0.376 e. The third-order valence-corrected chi connectivity index (χ3v) is 4.49. The van der Waals surface area contributed by atoms with Crippen LogP contribution in [0.5, 0.6) is 0 Å². The molecule has 4 atom stereocenters. The van der Waals surface area contributed by atoms with Crippen molar-refractivity contribution in [1.82, 2.24) is 5.32 Å². The van der Waals surface area contributed by atoms with E-state index in [1.807, 2.05) is 0 Å². The van der Waals surface area contributed by atoms with Crippen molar-refractivity contribution >= 4 is 0 Å². The molecule has 1 saturated carbocycles. The topological polar surface area (TPSA) is 21.3 Å². The Labute approximate surface area is 130 Å². The molecular formula is C19H31NO. The van der Waals surface area contributed by atoms with Crippen LogP contribution in [0.2, 0.25) is 0 Å². The summed E-state index contributed by atoms with van der Waals surface area (Å²) < 4.78 is 6.14. The zero-order valence-corrected chi connectivity index (χ0v) is 14.2. The summed E-state index contributed by atoms with van der Waals surface area (Å²) in [6, 6.07) is 11.4. The molecule has 0 bridgehead atoms. The van der Waals surface area contributed by atoms with Crippen LogP contribution in [0.1, 0.15) is 52.5 Å². The maximum atomic E-state index is 6.14. The summed E-state index contributed by atoms with van der Waals surface area (Å²) in [7, 11) is 0. The molecule has 2 rings (SSSR count). The molecule has 0 aliphatic heterocycles. The van der Waals surface area contributed by atoms with Gasteiger partial charge in [0, 0.05) is 12.6 Å². The molecule has 1 aliphatic carbocycles. The number of ether oxygens (including phenoxy) is 1. The van der Waals surface area contributed by atoms with E-state index in [-0.39, 0.29) is 11.5 Å². The predicted octanol–water partition coefficient (Wildman–Crippen LogP) is 4.22. The Hall–Kier alpha value is -0.860. The summed E-state index contributed by atoms with van der Waals surface area (Å²) in [5, 5.41) is 3.71. The van der Waals surface area contributed by atoms with Gasteiger partial charge in [-0.1, -0.05) is 58.0 Å². The fraction of sp³-hybridized carbons (Fsp3) is 0.684. The van der Waals surface area contributed by atoms with Crippen LogP contribution < -0.4 is 5.32 Å². The highest BCUT2D eigenvalue weighted by atomic mass is 16.5. The first-order valence-electron chi connectivity index (χ1n) is 8.39. The van der Waals surface area contributed by atoms with E-state index >= 15 is 0 Å². The van der Waals surface area contributed by atoms with Gasteiger partial charge in [-0.15, -0.1) is 0 Å². The highest BCUT2D eigenvalue weighted by Gasteiger charge is 2.48. The lowest BCUT2D eigenvalue weighted by Crippen LogP contribution is -2.49. The van der Waals surface area contributed by atoms with Crippen LogP contribution in [0, 0.1) is 11.3 Å². The lowest BCUT2D eigenvalue weighted by molar-refractivity contribution is -0.0406. The normalized spacial score (nSPS) is 24.6. The smallest absolute Gasteiger partial charge is 0.0778 e. The van der Waals surface area contributed by atoms with Gasteiger partial charge < -0.3 is 10.1 Å². The van der Waals surface area contributed by atoms with E-state index in [0.717, 1.165) is 13.2 Å². The molecule has 1 aliphatic rings. The van der Waals surface area contributed by atoms with E-state index in [2.05, 4.69) is 70.3 Å². The molecule has 0 aromatic heterocycles. The maximum Gasteiger partial charge on any atom is 0.0778 e. The van der Waals surface area contributed by atoms with Crippen molar-refractivity contribution < 1.29 is 4.74 Å². The maximum absolute atomic E-state index is 6.14. The third-order valence-electron chi connectivity index (χ3n) is 4.49. The van der Waals surface area contributed by atoms with Gasteiger partial charge in [-0.3, -0.25) is 0 Å². The Balaban J connectivity index is 2.12. The number of hydrogen-bond acceptors (Lipinski definition) is 2. The highest BCUT2D eigenvalue weighted by Crippen LogP contribution is 2.51. The van der Waals surface area contributed by atoms with Gasteiger partial charge in [-0.2, -0.15) is 0 Å². The Morgan fingerprint density at radius 2 is 1.86 bits per heavy atom. The number of hydrogen-bond donors (Lipinski definition) is 1. The van der Waals surface area contributed by atoms with Gasteiger partial charge in [0.05, 0.1) is 6.10 Å². The molecule has 1 aromatic rings. The van der Waals surface area contributed by atoms with Gasteiger partial charge in [-0.05, 0) is 42.7 Å². The monoisotopic (exact) mass is 289 g/mol. The lowest BCUT2D eigenvalue weighted by Gasteiger charge is -2.37. The number of rotatable bonds is 7. The van der Waals surface area contributed by atoms with Gasteiger partial charge >= 0.3 is 0 Å². The van der Waals surface area contributed by atoms with Crippen molar-refractivity contribution in [3.63, 3.8) is 0 Å². The molecule has 0 amide bonds. The van der Waals surface area contributed by atoms with E-state index in [1.165, 1.54) is 12.0 Å². The van der Waals surface area contributed by atoms with Gasteiger partial charge in [0.15, 0.2) is 0 Å². The minimum absolute atomic E-state index is 0.159. The first-order chi connectivity index (χ1) is 9.99. The Bertz CT molecular complexity index is 423. The van der Waals surface area contributed by atoms with Crippen LogP contribution in [0.25, 0.3) is 0 Å². The van der Waals surface area contributed by atoms with Crippen molar-refractivity contribution in [2.75, 3.05) is 13.2 Å². The van der Waals surface area contributed by atoms with Crippen molar-refractivity contribution in [2.45, 2.75) is 59.1 Å². The quantitative estimate of drug-likeness (QED) is 0.811. The van der Waals surface area contributed by atoms with Crippen LogP contribution in [0.3, 0.4) is 0 Å². The summed E-state index contributed by atoms with van der Waals surface area (Å²) in [6.45, 7) is 12.9. The molecule has 2 nitrogen and oxygen atoms in total. The van der Waals surface area contributed by atoms with E-state index in [1.54, 1.807) is 0 Å². The standard InChI is InChI=1S/C19H31NO/c1-6-20-17(18(21-7-2)19(3,4)5)16-13-15(16)14-11-9-8-10-12-14/h8-12,15-18,20H,6-7,13H2,1-5H3. The summed E-state index contributed by atoms with van der Waals surface area (Å²) in [5.74, 6) is 1.39. The van der Waals surface area contributed by atoms with E-state index in [4.69, 9.17) is 4.74 Å². The molecule has 21 heavy (non-hydrogen) atoms.